The van der Waals surface area contributed by atoms with Crippen molar-refractivity contribution in [2.45, 2.75) is 32.7 Å². The molecule has 14 heavy (non-hydrogen) atoms. The first-order valence-electron chi connectivity index (χ1n) is 5.12. The fourth-order valence-electron chi connectivity index (χ4n) is 0.967. The zero-order valence-corrected chi connectivity index (χ0v) is 9.76. The van der Waals surface area contributed by atoms with Gasteiger partial charge in [-0.15, -0.1) is 0 Å². The highest BCUT2D eigenvalue weighted by Crippen LogP contribution is 2.15. The van der Waals surface area contributed by atoms with E-state index < -0.39 is 0 Å². The molecule has 3 N–H and O–H groups in total. The summed E-state index contributed by atoms with van der Waals surface area (Å²) < 4.78 is 0. The summed E-state index contributed by atoms with van der Waals surface area (Å²) in [6, 6.07) is 0. The van der Waals surface area contributed by atoms with Gasteiger partial charge in [-0.1, -0.05) is 6.92 Å². The lowest BCUT2D eigenvalue weighted by Crippen LogP contribution is -2.46. The van der Waals surface area contributed by atoms with E-state index in [-0.39, 0.29) is 11.4 Å². The summed E-state index contributed by atoms with van der Waals surface area (Å²) in [5.41, 5.74) is 5.36. The number of nitrogens with zero attached hydrogens (tertiary/aromatic N) is 1. The molecular weight excluding hydrogens is 178 g/mol. The molecule has 0 saturated carbocycles. The van der Waals surface area contributed by atoms with Crippen LogP contribution in [-0.4, -0.2) is 43.0 Å². The quantitative estimate of drug-likeness (QED) is 0.644. The fraction of sp³-hybridized carbons (Fsp3) is 0.900. The summed E-state index contributed by atoms with van der Waals surface area (Å²) in [5, 5.41) is 2.75. The van der Waals surface area contributed by atoms with E-state index in [1.54, 1.807) is 0 Å². The standard InChI is InChI=1S/C10H23N3O/c1-5-10(2,3)13(4)8-9(14)12-7-6-11/h5-8,11H2,1-4H3,(H,12,14). The second-order valence-electron chi connectivity index (χ2n) is 4.16. The van der Waals surface area contributed by atoms with Gasteiger partial charge in [-0.2, -0.15) is 0 Å². The van der Waals surface area contributed by atoms with Crippen molar-refractivity contribution in [1.29, 1.82) is 0 Å². The summed E-state index contributed by atoms with van der Waals surface area (Å²) in [5.74, 6) is 0.0412. The van der Waals surface area contributed by atoms with Gasteiger partial charge in [0.05, 0.1) is 6.54 Å². The SMILES string of the molecule is CCC(C)(C)N(C)CC(=O)NCCN. The zero-order chi connectivity index (χ0) is 11.2. The number of amides is 1. The second kappa shape index (κ2) is 5.98. The number of likely N-dealkylation sites (N-methyl/N-ethyl adjacent to an activating group) is 1. The molecule has 0 spiro atoms. The number of nitrogens with one attached hydrogen (secondary N) is 1. The van der Waals surface area contributed by atoms with Crippen molar-refractivity contribution < 1.29 is 4.79 Å². The largest absolute Gasteiger partial charge is 0.354 e. The van der Waals surface area contributed by atoms with Crippen molar-refractivity contribution in [2.24, 2.45) is 5.73 Å². The molecule has 0 aliphatic heterocycles. The van der Waals surface area contributed by atoms with Crippen molar-refractivity contribution in [2.75, 3.05) is 26.7 Å². The molecule has 0 atom stereocenters. The van der Waals surface area contributed by atoms with E-state index in [1.165, 1.54) is 0 Å². The number of hydrogen-bond acceptors (Lipinski definition) is 3. The molecule has 4 nitrogen and oxygen atoms in total. The topological polar surface area (TPSA) is 58.4 Å². The lowest BCUT2D eigenvalue weighted by Gasteiger charge is -2.34. The molecular formula is C10H23N3O. The van der Waals surface area contributed by atoms with Gasteiger partial charge in [0.2, 0.25) is 5.91 Å². The smallest absolute Gasteiger partial charge is 0.234 e. The van der Waals surface area contributed by atoms with Gasteiger partial charge < -0.3 is 11.1 Å². The predicted octanol–water partition coefficient (Wildman–Crippen LogP) is 0.182. The number of rotatable bonds is 6. The Bertz CT molecular complexity index is 180. The van der Waals surface area contributed by atoms with Crippen LogP contribution >= 0.6 is 0 Å². The van der Waals surface area contributed by atoms with Crippen LogP contribution in [-0.2, 0) is 4.79 Å². The highest BCUT2D eigenvalue weighted by Gasteiger charge is 2.22. The molecule has 0 aliphatic rings. The van der Waals surface area contributed by atoms with Crippen molar-refractivity contribution in [1.82, 2.24) is 10.2 Å². The Kier molecular flexibility index (Phi) is 5.72. The Labute approximate surface area is 86.8 Å². The number of hydrogen-bond donors (Lipinski definition) is 2. The van der Waals surface area contributed by atoms with E-state index in [0.717, 1.165) is 6.42 Å². The summed E-state index contributed by atoms with van der Waals surface area (Å²) in [6.07, 6.45) is 1.02. The first kappa shape index (κ1) is 13.4. The van der Waals surface area contributed by atoms with Gasteiger partial charge in [-0.25, -0.2) is 0 Å². The van der Waals surface area contributed by atoms with E-state index in [9.17, 15) is 4.79 Å². The van der Waals surface area contributed by atoms with Gasteiger partial charge in [0.25, 0.3) is 0 Å². The van der Waals surface area contributed by atoms with Crippen molar-refractivity contribution in [3.05, 3.63) is 0 Å². The highest BCUT2D eigenvalue weighted by molar-refractivity contribution is 5.78. The van der Waals surface area contributed by atoms with E-state index >= 15 is 0 Å². The van der Waals surface area contributed by atoms with E-state index in [2.05, 4.69) is 31.0 Å². The van der Waals surface area contributed by atoms with Crippen molar-refractivity contribution in [3.63, 3.8) is 0 Å². The van der Waals surface area contributed by atoms with Crippen LogP contribution < -0.4 is 11.1 Å². The average molecular weight is 201 g/mol. The van der Waals surface area contributed by atoms with Crippen LogP contribution in [0.5, 0.6) is 0 Å². The molecule has 0 aromatic carbocycles. The third kappa shape index (κ3) is 4.58. The molecule has 0 heterocycles. The minimum atomic E-state index is 0.0412. The Morgan fingerprint density at radius 1 is 1.50 bits per heavy atom. The third-order valence-corrected chi connectivity index (χ3v) is 2.75. The first-order valence-corrected chi connectivity index (χ1v) is 5.12. The van der Waals surface area contributed by atoms with Gasteiger partial charge in [-0.05, 0) is 27.3 Å². The Morgan fingerprint density at radius 3 is 2.50 bits per heavy atom. The summed E-state index contributed by atoms with van der Waals surface area (Å²) in [6.45, 7) is 7.85. The number of nitrogens with two attached hydrogens (primary N) is 1. The molecule has 0 fully saturated rings. The predicted molar refractivity (Wildman–Crippen MR) is 59.1 cm³/mol. The molecule has 0 saturated heterocycles. The third-order valence-electron chi connectivity index (χ3n) is 2.75. The first-order chi connectivity index (χ1) is 6.44. The average Bonchev–Trinajstić information content (AvgIpc) is 2.14. The van der Waals surface area contributed by atoms with E-state index in [4.69, 9.17) is 5.73 Å². The maximum Gasteiger partial charge on any atom is 0.234 e. The van der Waals surface area contributed by atoms with Crippen LogP contribution in [0.2, 0.25) is 0 Å². The van der Waals surface area contributed by atoms with Crippen LogP contribution in [0, 0.1) is 0 Å². The van der Waals surface area contributed by atoms with Gasteiger partial charge in [0, 0.05) is 18.6 Å². The number of carbonyl (C=O) groups excluding carboxylic acids is 1. The molecule has 0 unspecified atom stereocenters. The monoisotopic (exact) mass is 201 g/mol. The molecule has 1 amide bonds. The Morgan fingerprint density at radius 2 is 2.07 bits per heavy atom. The summed E-state index contributed by atoms with van der Waals surface area (Å²) in [7, 11) is 1.96. The highest BCUT2D eigenvalue weighted by atomic mass is 16.2. The molecule has 84 valence electrons. The summed E-state index contributed by atoms with van der Waals surface area (Å²) in [4.78, 5) is 13.4. The maximum atomic E-state index is 11.4. The van der Waals surface area contributed by atoms with Gasteiger partial charge in [-0.3, -0.25) is 9.69 Å². The van der Waals surface area contributed by atoms with Crippen molar-refractivity contribution in [3.8, 4) is 0 Å². The molecule has 0 bridgehead atoms. The van der Waals surface area contributed by atoms with Crippen LogP contribution in [0.1, 0.15) is 27.2 Å². The van der Waals surface area contributed by atoms with E-state index in [0.29, 0.717) is 19.6 Å². The minimum absolute atomic E-state index is 0.0412. The molecule has 0 rings (SSSR count). The molecule has 0 aliphatic carbocycles. The molecule has 4 heteroatoms. The van der Waals surface area contributed by atoms with Crippen LogP contribution in [0.4, 0.5) is 0 Å². The van der Waals surface area contributed by atoms with Crippen LogP contribution in [0.15, 0.2) is 0 Å². The molecule has 0 aromatic heterocycles. The van der Waals surface area contributed by atoms with Gasteiger partial charge in [0.15, 0.2) is 0 Å². The Hall–Kier alpha value is -0.610. The number of carbonyl (C=O) groups is 1. The lowest BCUT2D eigenvalue weighted by atomic mass is 10.0. The lowest BCUT2D eigenvalue weighted by molar-refractivity contribution is -0.123. The minimum Gasteiger partial charge on any atom is -0.354 e. The van der Waals surface area contributed by atoms with Gasteiger partial charge >= 0.3 is 0 Å². The molecule has 0 aromatic rings. The van der Waals surface area contributed by atoms with Crippen molar-refractivity contribution >= 4 is 5.91 Å². The van der Waals surface area contributed by atoms with E-state index in [1.807, 2.05) is 7.05 Å². The van der Waals surface area contributed by atoms with Crippen LogP contribution in [0.3, 0.4) is 0 Å². The van der Waals surface area contributed by atoms with Gasteiger partial charge in [0.1, 0.15) is 0 Å². The zero-order valence-electron chi connectivity index (χ0n) is 9.76. The normalized spacial score (nSPS) is 11.9. The molecule has 0 radical (unpaired) electrons. The Balaban J connectivity index is 3.93. The second-order valence-corrected chi connectivity index (χ2v) is 4.16. The van der Waals surface area contributed by atoms with Crippen LogP contribution in [0.25, 0.3) is 0 Å². The summed E-state index contributed by atoms with van der Waals surface area (Å²) >= 11 is 0. The fourth-order valence-corrected chi connectivity index (χ4v) is 0.967. The maximum absolute atomic E-state index is 11.4.